The minimum atomic E-state index is -3.97. The van der Waals surface area contributed by atoms with Crippen LogP contribution in [0.25, 0.3) is 0 Å². The molecule has 17 heavy (non-hydrogen) atoms. The van der Waals surface area contributed by atoms with Crippen LogP contribution in [0.15, 0.2) is 18.5 Å². The van der Waals surface area contributed by atoms with Gasteiger partial charge in [-0.3, -0.25) is 0 Å². The highest BCUT2D eigenvalue weighted by Crippen LogP contribution is 2.21. The Labute approximate surface area is 97.6 Å². The van der Waals surface area contributed by atoms with E-state index < -0.39 is 18.9 Å². The zero-order valence-corrected chi connectivity index (χ0v) is 9.60. The van der Waals surface area contributed by atoms with Crippen LogP contribution in [0.3, 0.4) is 0 Å². The molecule has 0 bridgehead atoms. The molecule has 0 atom stereocenters. The van der Waals surface area contributed by atoms with Crippen molar-refractivity contribution in [2.24, 2.45) is 0 Å². The molecule has 0 fully saturated rings. The van der Waals surface area contributed by atoms with Crippen molar-refractivity contribution in [3.63, 3.8) is 0 Å². The molecule has 2 nitrogen and oxygen atoms in total. The number of rotatable bonds is 7. The van der Waals surface area contributed by atoms with E-state index in [-0.39, 0.29) is 6.54 Å². The molecule has 0 aliphatic rings. The molecular formula is C11H16F4N2. The monoisotopic (exact) mass is 252 g/mol. The summed E-state index contributed by atoms with van der Waals surface area (Å²) in [6.45, 7) is 2.04. The number of alkyl halides is 4. The van der Waals surface area contributed by atoms with Gasteiger partial charge >= 0.3 is 12.3 Å². The van der Waals surface area contributed by atoms with Gasteiger partial charge in [0.25, 0.3) is 0 Å². The number of aryl methyl sites for hydroxylation is 1. The SMILES string of the molecule is CCCn1ccc(CNCC(F)(F)C(F)F)c1. The Morgan fingerprint density at radius 1 is 1.41 bits per heavy atom. The molecule has 0 saturated heterocycles. The first kappa shape index (κ1) is 14.0. The van der Waals surface area contributed by atoms with Gasteiger partial charge in [-0.15, -0.1) is 0 Å². The standard InChI is InChI=1S/C11H16F4N2/c1-2-4-17-5-3-9(7-17)6-16-8-11(14,15)10(12)13/h3,5,7,10,16H,2,4,6,8H2,1H3. The summed E-state index contributed by atoms with van der Waals surface area (Å²) in [5.41, 5.74) is 0.809. The predicted molar refractivity (Wildman–Crippen MR) is 57.4 cm³/mol. The Kier molecular flexibility index (Phi) is 4.99. The molecule has 0 aromatic carbocycles. The molecule has 0 radical (unpaired) electrons. The molecule has 1 aromatic rings. The summed E-state index contributed by atoms with van der Waals surface area (Å²) in [5, 5.41) is 2.34. The van der Waals surface area contributed by atoms with Crippen LogP contribution >= 0.6 is 0 Å². The van der Waals surface area contributed by atoms with Crippen LogP contribution in [-0.4, -0.2) is 23.5 Å². The van der Waals surface area contributed by atoms with E-state index in [1.807, 2.05) is 23.9 Å². The van der Waals surface area contributed by atoms with E-state index >= 15 is 0 Å². The summed E-state index contributed by atoms with van der Waals surface area (Å²) in [6.07, 6.45) is 1.01. The Hall–Kier alpha value is -1.04. The van der Waals surface area contributed by atoms with Gasteiger partial charge in [0.05, 0.1) is 6.54 Å². The van der Waals surface area contributed by atoms with E-state index in [0.717, 1.165) is 18.5 Å². The van der Waals surface area contributed by atoms with E-state index in [1.54, 1.807) is 6.07 Å². The molecule has 0 spiro atoms. The first-order valence-corrected chi connectivity index (χ1v) is 5.47. The highest BCUT2D eigenvalue weighted by Gasteiger charge is 2.39. The van der Waals surface area contributed by atoms with E-state index in [0.29, 0.717) is 0 Å². The lowest BCUT2D eigenvalue weighted by Gasteiger charge is -2.15. The Bertz CT molecular complexity index is 336. The lowest BCUT2D eigenvalue weighted by molar-refractivity contribution is -0.125. The number of aromatic nitrogens is 1. The molecule has 1 aromatic heterocycles. The number of nitrogens with one attached hydrogen (secondary N) is 1. The van der Waals surface area contributed by atoms with Crippen LogP contribution in [0.5, 0.6) is 0 Å². The lowest BCUT2D eigenvalue weighted by atomic mass is 10.3. The summed E-state index contributed by atoms with van der Waals surface area (Å²) < 4.78 is 50.7. The van der Waals surface area contributed by atoms with E-state index in [1.165, 1.54) is 0 Å². The maximum absolute atomic E-state index is 12.6. The molecule has 0 amide bonds. The van der Waals surface area contributed by atoms with Gasteiger partial charge in [-0.25, -0.2) is 8.78 Å². The van der Waals surface area contributed by atoms with Gasteiger partial charge in [-0.05, 0) is 18.1 Å². The first-order chi connectivity index (χ1) is 7.95. The van der Waals surface area contributed by atoms with Crippen molar-refractivity contribution in [1.29, 1.82) is 0 Å². The highest BCUT2D eigenvalue weighted by molar-refractivity contribution is 5.09. The molecule has 0 aliphatic heterocycles. The molecule has 0 saturated carbocycles. The highest BCUT2D eigenvalue weighted by atomic mass is 19.3. The van der Waals surface area contributed by atoms with Crippen molar-refractivity contribution in [2.45, 2.75) is 38.8 Å². The molecule has 0 aliphatic carbocycles. The molecule has 6 heteroatoms. The largest absolute Gasteiger partial charge is 0.354 e. The van der Waals surface area contributed by atoms with Gasteiger partial charge in [0.2, 0.25) is 0 Å². The average Bonchev–Trinajstić information content (AvgIpc) is 2.66. The van der Waals surface area contributed by atoms with Crippen LogP contribution in [0.1, 0.15) is 18.9 Å². The Morgan fingerprint density at radius 2 is 2.12 bits per heavy atom. The van der Waals surface area contributed by atoms with Crippen molar-refractivity contribution < 1.29 is 17.6 Å². The van der Waals surface area contributed by atoms with Crippen molar-refractivity contribution in [2.75, 3.05) is 6.54 Å². The minimum Gasteiger partial charge on any atom is -0.354 e. The number of halogens is 4. The van der Waals surface area contributed by atoms with Gasteiger partial charge < -0.3 is 9.88 Å². The summed E-state index contributed by atoms with van der Waals surface area (Å²) in [4.78, 5) is 0. The first-order valence-electron chi connectivity index (χ1n) is 5.47. The van der Waals surface area contributed by atoms with Crippen molar-refractivity contribution in [3.05, 3.63) is 24.0 Å². The third-order valence-corrected chi connectivity index (χ3v) is 2.30. The fourth-order valence-electron chi connectivity index (χ4n) is 1.44. The van der Waals surface area contributed by atoms with Crippen LogP contribution in [0.2, 0.25) is 0 Å². The van der Waals surface area contributed by atoms with Gasteiger partial charge in [0.1, 0.15) is 0 Å². The molecule has 1 heterocycles. The Morgan fingerprint density at radius 3 is 2.71 bits per heavy atom. The fourth-order valence-corrected chi connectivity index (χ4v) is 1.44. The smallest absolute Gasteiger partial charge is 0.319 e. The zero-order chi connectivity index (χ0) is 12.9. The number of hydrogen-bond donors (Lipinski definition) is 1. The molecular weight excluding hydrogens is 236 g/mol. The summed E-state index contributed by atoms with van der Waals surface area (Å²) >= 11 is 0. The van der Waals surface area contributed by atoms with Crippen LogP contribution in [0, 0.1) is 0 Å². The van der Waals surface area contributed by atoms with E-state index in [4.69, 9.17) is 0 Å². The summed E-state index contributed by atoms with van der Waals surface area (Å²) in [5.74, 6) is -3.97. The van der Waals surface area contributed by atoms with Gasteiger partial charge in [-0.2, -0.15) is 8.78 Å². The van der Waals surface area contributed by atoms with Crippen molar-refractivity contribution in [1.82, 2.24) is 9.88 Å². The van der Waals surface area contributed by atoms with E-state index in [2.05, 4.69) is 5.32 Å². The summed E-state index contributed by atoms with van der Waals surface area (Å²) in [6, 6.07) is 1.78. The maximum atomic E-state index is 12.6. The zero-order valence-electron chi connectivity index (χ0n) is 9.60. The lowest BCUT2D eigenvalue weighted by Crippen LogP contribution is -2.38. The fraction of sp³-hybridized carbons (Fsp3) is 0.636. The molecule has 1 rings (SSSR count). The minimum absolute atomic E-state index is 0.166. The second kappa shape index (κ2) is 6.05. The molecule has 98 valence electrons. The Balaban J connectivity index is 2.35. The van der Waals surface area contributed by atoms with Crippen LogP contribution < -0.4 is 5.32 Å². The topological polar surface area (TPSA) is 17.0 Å². The van der Waals surface area contributed by atoms with Gasteiger partial charge in [0, 0.05) is 25.5 Å². The van der Waals surface area contributed by atoms with Gasteiger partial charge in [0.15, 0.2) is 0 Å². The number of hydrogen-bond acceptors (Lipinski definition) is 1. The molecule has 1 N–H and O–H groups in total. The van der Waals surface area contributed by atoms with Crippen molar-refractivity contribution in [3.8, 4) is 0 Å². The van der Waals surface area contributed by atoms with Crippen molar-refractivity contribution >= 4 is 0 Å². The third kappa shape index (κ3) is 4.38. The predicted octanol–water partition coefficient (Wildman–Crippen LogP) is 2.89. The van der Waals surface area contributed by atoms with Crippen LogP contribution in [-0.2, 0) is 13.1 Å². The van der Waals surface area contributed by atoms with Crippen LogP contribution in [0.4, 0.5) is 17.6 Å². The average molecular weight is 252 g/mol. The van der Waals surface area contributed by atoms with E-state index in [9.17, 15) is 17.6 Å². The summed E-state index contributed by atoms with van der Waals surface area (Å²) in [7, 11) is 0. The normalized spacial score (nSPS) is 12.4. The quantitative estimate of drug-likeness (QED) is 0.738. The second-order valence-corrected chi connectivity index (χ2v) is 3.92. The number of nitrogens with zero attached hydrogens (tertiary/aromatic N) is 1. The third-order valence-electron chi connectivity index (χ3n) is 2.30. The van der Waals surface area contributed by atoms with Gasteiger partial charge in [-0.1, -0.05) is 6.92 Å². The molecule has 0 unspecified atom stereocenters. The maximum Gasteiger partial charge on any atom is 0.319 e. The second-order valence-electron chi connectivity index (χ2n) is 3.92.